The maximum absolute atomic E-state index is 13.1. The predicted molar refractivity (Wildman–Crippen MR) is 53.1 cm³/mol. The lowest BCUT2D eigenvalue weighted by Crippen LogP contribution is -1.90. The van der Waals surface area contributed by atoms with Crippen molar-refractivity contribution >= 4 is 10.8 Å². The van der Waals surface area contributed by atoms with Crippen LogP contribution in [0.2, 0.25) is 0 Å². The van der Waals surface area contributed by atoms with Gasteiger partial charge in [-0.3, -0.25) is 0 Å². The number of benzene rings is 2. The molecule has 0 amide bonds. The first-order valence-electron chi connectivity index (χ1n) is 4.34. The Kier molecular flexibility index (Phi) is 2.20. The van der Waals surface area contributed by atoms with Gasteiger partial charge in [-0.25, -0.2) is 8.78 Å². The summed E-state index contributed by atoms with van der Waals surface area (Å²) < 4.78 is 26.1. The van der Waals surface area contributed by atoms with Gasteiger partial charge in [-0.2, -0.15) is 0 Å². The van der Waals surface area contributed by atoms with E-state index < -0.39 is 12.0 Å². The van der Waals surface area contributed by atoms with E-state index >= 15 is 0 Å². The summed E-state index contributed by atoms with van der Waals surface area (Å²) in [6, 6.07) is 9.70. The molecule has 2 aromatic rings. The zero-order valence-electron chi connectivity index (χ0n) is 7.50. The van der Waals surface area contributed by atoms with Crippen molar-refractivity contribution in [2.45, 2.75) is 6.17 Å². The molecule has 1 atom stereocenters. The van der Waals surface area contributed by atoms with Gasteiger partial charge in [-0.15, -0.1) is 0 Å². The molecule has 2 heteroatoms. The quantitative estimate of drug-likeness (QED) is 0.642. The molecule has 0 saturated heterocycles. The van der Waals surface area contributed by atoms with Crippen molar-refractivity contribution in [1.29, 1.82) is 0 Å². The van der Waals surface area contributed by atoms with Crippen molar-refractivity contribution in [2.75, 3.05) is 0 Å². The van der Waals surface area contributed by atoms with Gasteiger partial charge in [-0.1, -0.05) is 24.3 Å². The standard InChI is InChI=1S/C12H9F2/c1-8(13)12-7-10(14)6-9-4-2-3-5-11(9)12/h2-8H,1H2. The molecule has 1 radical (unpaired) electrons. The van der Waals surface area contributed by atoms with E-state index in [0.717, 1.165) is 5.39 Å². The van der Waals surface area contributed by atoms with Gasteiger partial charge in [0.05, 0.1) is 0 Å². The summed E-state index contributed by atoms with van der Waals surface area (Å²) in [7, 11) is 0. The summed E-state index contributed by atoms with van der Waals surface area (Å²) in [6.45, 7) is 3.27. The van der Waals surface area contributed by atoms with Crippen molar-refractivity contribution in [3.05, 3.63) is 54.7 Å². The minimum absolute atomic E-state index is 0.306. The molecule has 0 aliphatic rings. The molecule has 2 aromatic carbocycles. The molecule has 0 saturated carbocycles. The maximum atomic E-state index is 13.1. The minimum Gasteiger partial charge on any atom is -0.242 e. The molecule has 0 aliphatic heterocycles. The summed E-state index contributed by atoms with van der Waals surface area (Å²) in [4.78, 5) is 0. The van der Waals surface area contributed by atoms with E-state index in [1.807, 2.05) is 0 Å². The molecule has 14 heavy (non-hydrogen) atoms. The predicted octanol–water partition coefficient (Wildman–Crippen LogP) is 3.82. The van der Waals surface area contributed by atoms with E-state index in [4.69, 9.17) is 0 Å². The van der Waals surface area contributed by atoms with Crippen LogP contribution in [0.3, 0.4) is 0 Å². The Labute approximate surface area is 81.2 Å². The Morgan fingerprint density at radius 2 is 1.86 bits per heavy atom. The second kappa shape index (κ2) is 3.37. The van der Waals surface area contributed by atoms with Crippen LogP contribution in [0.5, 0.6) is 0 Å². The molecule has 0 spiro atoms. The van der Waals surface area contributed by atoms with Crippen LogP contribution >= 0.6 is 0 Å². The number of rotatable bonds is 1. The fraction of sp³-hybridized carbons (Fsp3) is 0.0833. The molecular weight excluding hydrogens is 182 g/mol. The van der Waals surface area contributed by atoms with Gasteiger partial charge < -0.3 is 0 Å². The average molecular weight is 191 g/mol. The molecule has 0 heterocycles. The van der Waals surface area contributed by atoms with E-state index in [2.05, 4.69) is 6.92 Å². The maximum Gasteiger partial charge on any atom is 0.126 e. The second-order valence-corrected chi connectivity index (χ2v) is 3.18. The molecule has 0 nitrogen and oxygen atoms in total. The van der Waals surface area contributed by atoms with Gasteiger partial charge >= 0.3 is 0 Å². The molecule has 0 bridgehead atoms. The third-order valence-corrected chi connectivity index (χ3v) is 2.20. The van der Waals surface area contributed by atoms with Gasteiger partial charge in [0.25, 0.3) is 0 Å². The van der Waals surface area contributed by atoms with Crippen LogP contribution < -0.4 is 0 Å². The lowest BCUT2D eigenvalue weighted by atomic mass is 10.0. The first-order valence-corrected chi connectivity index (χ1v) is 4.34. The number of hydrogen-bond donors (Lipinski definition) is 0. The lowest BCUT2D eigenvalue weighted by molar-refractivity contribution is 0.412. The Bertz CT molecular complexity index is 461. The first-order chi connectivity index (χ1) is 6.68. The average Bonchev–Trinajstić information content (AvgIpc) is 2.16. The van der Waals surface area contributed by atoms with E-state index in [9.17, 15) is 8.78 Å². The molecule has 71 valence electrons. The van der Waals surface area contributed by atoms with Crippen molar-refractivity contribution < 1.29 is 8.78 Å². The highest BCUT2D eigenvalue weighted by molar-refractivity contribution is 5.86. The van der Waals surface area contributed by atoms with E-state index in [0.29, 0.717) is 10.9 Å². The van der Waals surface area contributed by atoms with E-state index in [1.54, 1.807) is 24.3 Å². The molecular formula is C12H9F2. The first kappa shape index (κ1) is 9.13. The number of halogens is 2. The van der Waals surface area contributed by atoms with Crippen molar-refractivity contribution in [3.8, 4) is 0 Å². The molecule has 2 rings (SSSR count). The third-order valence-electron chi connectivity index (χ3n) is 2.20. The van der Waals surface area contributed by atoms with Crippen LogP contribution in [0.1, 0.15) is 11.7 Å². The molecule has 0 N–H and O–H groups in total. The second-order valence-electron chi connectivity index (χ2n) is 3.18. The Morgan fingerprint density at radius 3 is 2.57 bits per heavy atom. The highest BCUT2D eigenvalue weighted by Gasteiger charge is 2.09. The van der Waals surface area contributed by atoms with Crippen LogP contribution in [0.15, 0.2) is 36.4 Å². The fourth-order valence-corrected chi connectivity index (χ4v) is 1.56. The molecule has 0 aliphatic carbocycles. The molecule has 1 unspecified atom stereocenters. The summed E-state index contributed by atoms with van der Waals surface area (Å²) in [5, 5.41) is 1.42. The smallest absolute Gasteiger partial charge is 0.126 e. The van der Waals surface area contributed by atoms with E-state index in [1.165, 1.54) is 12.1 Å². The summed E-state index contributed by atoms with van der Waals surface area (Å²) in [6.07, 6.45) is -1.39. The normalized spacial score (nSPS) is 13.1. The zero-order chi connectivity index (χ0) is 10.1. The van der Waals surface area contributed by atoms with E-state index in [-0.39, 0.29) is 0 Å². The van der Waals surface area contributed by atoms with Crippen molar-refractivity contribution in [3.63, 3.8) is 0 Å². The van der Waals surface area contributed by atoms with Gasteiger partial charge in [-0.05, 0) is 35.4 Å². The van der Waals surface area contributed by atoms with Crippen LogP contribution in [-0.2, 0) is 0 Å². The number of fused-ring (bicyclic) bond motifs is 1. The third kappa shape index (κ3) is 1.48. The monoisotopic (exact) mass is 191 g/mol. The zero-order valence-corrected chi connectivity index (χ0v) is 7.50. The lowest BCUT2D eigenvalue weighted by Gasteiger charge is -2.07. The van der Waals surface area contributed by atoms with Crippen LogP contribution in [0.4, 0.5) is 8.78 Å². The van der Waals surface area contributed by atoms with Gasteiger partial charge in [0, 0.05) is 0 Å². The summed E-state index contributed by atoms with van der Waals surface area (Å²) in [5.74, 6) is -0.426. The Morgan fingerprint density at radius 1 is 1.14 bits per heavy atom. The number of alkyl halides is 1. The minimum atomic E-state index is -1.39. The molecule has 0 aromatic heterocycles. The van der Waals surface area contributed by atoms with Crippen LogP contribution in [0, 0.1) is 12.7 Å². The summed E-state index contributed by atoms with van der Waals surface area (Å²) >= 11 is 0. The van der Waals surface area contributed by atoms with Gasteiger partial charge in [0.2, 0.25) is 0 Å². The summed E-state index contributed by atoms with van der Waals surface area (Å²) in [5.41, 5.74) is 0.306. The van der Waals surface area contributed by atoms with Gasteiger partial charge in [0.15, 0.2) is 0 Å². The fourth-order valence-electron chi connectivity index (χ4n) is 1.56. The number of hydrogen-bond acceptors (Lipinski definition) is 0. The van der Waals surface area contributed by atoms with Crippen LogP contribution in [-0.4, -0.2) is 0 Å². The van der Waals surface area contributed by atoms with Crippen LogP contribution in [0.25, 0.3) is 10.8 Å². The Balaban J connectivity index is 2.80. The highest BCUT2D eigenvalue weighted by Crippen LogP contribution is 2.27. The van der Waals surface area contributed by atoms with Gasteiger partial charge in [0.1, 0.15) is 12.0 Å². The topological polar surface area (TPSA) is 0 Å². The largest absolute Gasteiger partial charge is 0.242 e. The highest BCUT2D eigenvalue weighted by atomic mass is 19.1. The Hall–Kier alpha value is -1.44. The molecule has 0 fully saturated rings. The SMILES string of the molecule is [CH2]C(F)c1cc(F)cc2ccccc12. The van der Waals surface area contributed by atoms with Crippen molar-refractivity contribution in [2.24, 2.45) is 0 Å². The van der Waals surface area contributed by atoms with Crippen molar-refractivity contribution in [1.82, 2.24) is 0 Å².